The molecule has 1 N–H and O–H groups in total. The first kappa shape index (κ1) is 15.9. The summed E-state index contributed by atoms with van der Waals surface area (Å²) in [4.78, 5) is 8.30. The van der Waals surface area contributed by atoms with Crippen molar-refractivity contribution in [2.75, 3.05) is 6.54 Å². The number of aryl methyl sites for hydroxylation is 1. The van der Waals surface area contributed by atoms with Gasteiger partial charge in [0.2, 0.25) is 0 Å². The average molecular weight is 304 g/mol. The van der Waals surface area contributed by atoms with E-state index in [0.29, 0.717) is 0 Å². The lowest BCUT2D eigenvalue weighted by atomic mass is 9.95. The number of hydrogen-bond acceptors (Lipinski definition) is 3. The maximum Gasteiger partial charge on any atom is 0.0622 e. The summed E-state index contributed by atoms with van der Waals surface area (Å²) in [5.41, 5.74) is 3.73. The second-order valence-corrected chi connectivity index (χ2v) is 5.51. The molecule has 4 heteroatoms. The Bertz CT molecular complexity index is 571. The van der Waals surface area contributed by atoms with Crippen LogP contribution in [0.4, 0.5) is 0 Å². The second kappa shape index (κ2) is 8.11. The van der Waals surface area contributed by atoms with Crippen LogP contribution in [0.5, 0.6) is 0 Å². The van der Waals surface area contributed by atoms with Crippen LogP contribution in [-0.4, -0.2) is 16.5 Å². The third-order valence-corrected chi connectivity index (χ3v) is 3.96. The van der Waals surface area contributed by atoms with Gasteiger partial charge in [0.25, 0.3) is 0 Å². The molecule has 0 aliphatic heterocycles. The minimum absolute atomic E-state index is 0.253. The van der Waals surface area contributed by atoms with Crippen molar-refractivity contribution in [1.29, 1.82) is 0 Å². The summed E-state index contributed by atoms with van der Waals surface area (Å²) >= 11 is 6.26. The fourth-order valence-corrected chi connectivity index (χ4v) is 2.67. The molecule has 0 aliphatic carbocycles. The van der Waals surface area contributed by atoms with Gasteiger partial charge in [-0.15, -0.1) is 0 Å². The molecule has 2 heterocycles. The molecule has 0 saturated heterocycles. The molecule has 0 bridgehead atoms. The van der Waals surface area contributed by atoms with Crippen LogP contribution < -0.4 is 5.32 Å². The summed E-state index contributed by atoms with van der Waals surface area (Å²) in [5.74, 6) is 0. The van der Waals surface area contributed by atoms with Crippen LogP contribution in [0.15, 0.2) is 36.9 Å². The van der Waals surface area contributed by atoms with Crippen molar-refractivity contribution in [3.8, 4) is 0 Å². The topological polar surface area (TPSA) is 37.8 Å². The summed E-state index contributed by atoms with van der Waals surface area (Å²) in [6, 6.07) is 4.36. The van der Waals surface area contributed by atoms with Crippen molar-refractivity contribution < 1.29 is 0 Å². The fraction of sp³-hybridized carbons (Fsp3) is 0.412. The summed E-state index contributed by atoms with van der Waals surface area (Å²) in [6.07, 6.45) is 10.3. The minimum Gasteiger partial charge on any atom is -0.310 e. The van der Waals surface area contributed by atoms with E-state index < -0.39 is 0 Å². The lowest BCUT2D eigenvalue weighted by Crippen LogP contribution is -2.25. The van der Waals surface area contributed by atoms with E-state index in [-0.39, 0.29) is 6.04 Å². The van der Waals surface area contributed by atoms with Gasteiger partial charge >= 0.3 is 0 Å². The Labute approximate surface area is 131 Å². The molecule has 0 fully saturated rings. The van der Waals surface area contributed by atoms with Crippen LogP contribution in [0, 0.1) is 0 Å². The molecular weight excluding hydrogens is 282 g/mol. The van der Waals surface area contributed by atoms with Crippen LogP contribution in [-0.2, 0) is 12.8 Å². The molecule has 2 rings (SSSR count). The highest BCUT2D eigenvalue weighted by Crippen LogP contribution is 2.25. The van der Waals surface area contributed by atoms with Crippen molar-refractivity contribution in [2.24, 2.45) is 0 Å². The lowest BCUT2D eigenvalue weighted by molar-refractivity contribution is 0.525. The normalized spacial score (nSPS) is 12.3. The zero-order valence-electron chi connectivity index (χ0n) is 12.6. The van der Waals surface area contributed by atoms with Gasteiger partial charge in [-0.2, -0.15) is 0 Å². The van der Waals surface area contributed by atoms with Crippen molar-refractivity contribution in [3.05, 3.63) is 58.6 Å². The van der Waals surface area contributed by atoms with Crippen LogP contribution >= 0.6 is 11.6 Å². The minimum atomic E-state index is 0.253. The van der Waals surface area contributed by atoms with E-state index in [1.807, 2.05) is 18.5 Å². The van der Waals surface area contributed by atoms with Crippen molar-refractivity contribution >= 4 is 11.6 Å². The van der Waals surface area contributed by atoms with Gasteiger partial charge in [-0.3, -0.25) is 9.97 Å². The third-order valence-electron chi connectivity index (χ3n) is 3.62. The molecule has 2 aromatic rings. The maximum atomic E-state index is 6.26. The van der Waals surface area contributed by atoms with Crippen molar-refractivity contribution in [1.82, 2.24) is 15.3 Å². The Hall–Kier alpha value is -1.45. The van der Waals surface area contributed by atoms with Crippen LogP contribution in [0.25, 0.3) is 0 Å². The van der Waals surface area contributed by atoms with E-state index in [1.54, 1.807) is 12.4 Å². The predicted octanol–water partition coefficient (Wildman–Crippen LogP) is 3.98. The molecule has 21 heavy (non-hydrogen) atoms. The summed E-state index contributed by atoms with van der Waals surface area (Å²) in [6.45, 7) is 5.33. The van der Waals surface area contributed by atoms with Crippen LogP contribution in [0.3, 0.4) is 0 Å². The molecule has 0 radical (unpaired) electrons. The fourth-order valence-electron chi connectivity index (χ4n) is 2.47. The number of nitrogens with one attached hydrogen (secondary N) is 1. The standard InChI is InChI=1S/C17H22ClN3/c1-3-7-21-17(10-14-5-8-20-12-16(14)18)15-6-9-19-11-13(15)4-2/h5-6,8-9,11-12,17,21H,3-4,7,10H2,1-2H3. The quantitative estimate of drug-likeness (QED) is 0.841. The first-order valence-electron chi connectivity index (χ1n) is 7.50. The molecule has 2 aromatic heterocycles. The number of hydrogen-bond donors (Lipinski definition) is 1. The highest BCUT2D eigenvalue weighted by molar-refractivity contribution is 6.31. The van der Waals surface area contributed by atoms with Gasteiger partial charge in [-0.25, -0.2) is 0 Å². The van der Waals surface area contributed by atoms with Gasteiger partial charge in [-0.05, 0) is 54.6 Å². The van der Waals surface area contributed by atoms with E-state index in [2.05, 4.69) is 35.2 Å². The van der Waals surface area contributed by atoms with E-state index in [1.165, 1.54) is 11.1 Å². The maximum absolute atomic E-state index is 6.26. The molecule has 0 aliphatic rings. The molecule has 0 saturated carbocycles. The van der Waals surface area contributed by atoms with Gasteiger partial charge in [0.05, 0.1) is 5.02 Å². The molecule has 0 aromatic carbocycles. The Morgan fingerprint density at radius 2 is 1.86 bits per heavy atom. The molecule has 0 amide bonds. The van der Waals surface area contributed by atoms with E-state index >= 15 is 0 Å². The molecule has 0 spiro atoms. The van der Waals surface area contributed by atoms with Gasteiger partial charge in [-0.1, -0.05) is 25.4 Å². The summed E-state index contributed by atoms with van der Waals surface area (Å²) in [7, 11) is 0. The molecular formula is C17H22ClN3. The van der Waals surface area contributed by atoms with E-state index in [4.69, 9.17) is 11.6 Å². The lowest BCUT2D eigenvalue weighted by Gasteiger charge is -2.22. The second-order valence-electron chi connectivity index (χ2n) is 5.11. The number of rotatable bonds is 7. The third kappa shape index (κ3) is 4.26. The SMILES string of the molecule is CCCNC(Cc1ccncc1Cl)c1ccncc1CC. The Morgan fingerprint density at radius 1 is 1.10 bits per heavy atom. The van der Waals surface area contributed by atoms with Gasteiger partial charge in [0.15, 0.2) is 0 Å². The van der Waals surface area contributed by atoms with Gasteiger partial charge < -0.3 is 5.32 Å². The van der Waals surface area contributed by atoms with E-state index in [0.717, 1.165) is 36.4 Å². The number of aromatic nitrogens is 2. The molecule has 112 valence electrons. The van der Waals surface area contributed by atoms with Crippen molar-refractivity contribution in [3.63, 3.8) is 0 Å². The first-order valence-corrected chi connectivity index (χ1v) is 7.88. The Kier molecular flexibility index (Phi) is 6.15. The highest BCUT2D eigenvalue weighted by Gasteiger charge is 2.16. The van der Waals surface area contributed by atoms with Gasteiger partial charge in [0.1, 0.15) is 0 Å². The van der Waals surface area contributed by atoms with E-state index in [9.17, 15) is 0 Å². The molecule has 1 atom stereocenters. The number of halogens is 1. The number of pyridine rings is 2. The van der Waals surface area contributed by atoms with Crippen LogP contribution in [0.1, 0.15) is 43.0 Å². The summed E-state index contributed by atoms with van der Waals surface area (Å²) in [5, 5.41) is 4.36. The zero-order valence-corrected chi connectivity index (χ0v) is 13.4. The molecule has 3 nitrogen and oxygen atoms in total. The zero-order chi connectivity index (χ0) is 15.1. The van der Waals surface area contributed by atoms with Crippen molar-refractivity contribution in [2.45, 2.75) is 39.2 Å². The smallest absolute Gasteiger partial charge is 0.0622 e. The Balaban J connectivity index is 2.28. The highest BCUT2D eigenvalue weighted by atomic mass is 35.5. The van der Waals surface area contributed by atoms with Gasteiger partial charge in [0, 0.05) is 30.8 Å². The average Bonchev–Trinajstić information content (AvgIpc) is 2.53. The number of nitrogens with zero attached hydrogens (tertiary/aromatic N) is 2. The van der Waals surface area contributed by atoms with Crippen LogP contribution in [0.2, 0.25) is 5.02 Å². The predicted molar refractivity (Wildman–Crippen MR) is 87.6 cm³/mol. The Morgan fingerprint density at radius 3 is 2.57 bits per heavy atom. The monoisotopic (exact) mass is 303 g/mol. The largest absolute Gasteiger partial charge is 0.310 e. The molecule has 1 unspecified atom stereocenters. The summed E-state index contributed by atoms with van der Waals surface area (Å²) < 4.78 is 0. The first-order chi connectivity index (χ1) is 10.3.